The Morgan fingerprint density at radius 2 is 1.59 bits per heavy atom. The lowest BCUT2D eigenvalue weighted by atomic mass is 10.1. The number of nitro benzene ring substituents is 1. The second-order valence-electron chi connectivity index (χ2n) is 5.93. The fourth-order valence-electron chi connectivity index (χ4n) is 2.67. The van der Waals surface area contributed by atoms with Crippen LogP contribution in [0.3, 0.4) is 0 Å². The van der Waals surface area contributed by atoms with Gasteiger partial charge in [0.05, 0.1) is 10.5 Å². The van der Waals surface area contributed by atoms with Gasteiger partial charge in [0.1, 0.15) is 0 Å². The maximum atomic E-state index is 11.3. The molecule has 3 rings (SSSR count). The molecule has 0 saturated heterocycles. The van der Waals surface area contributed by atoms with E-state index in [1.54, 1.807) is 12.1 Å². The molecule has 0 bridgehead atoms. The average Bonchev–Trinajstić information content (AvgIpc) is 2.74. The van der Waals surface area contributed by atoms with E-state index in [4.69, 9.17) is 9.47 Å². The number of nitro groups is 1. The van der Waals surface area contributed by atoms with Gasteiger partial charge in [-0.2, -0.15) is 0 Å². The topological polar surface area (TPSA) is 73.6 Å². The van der Waals surface area contributed by atoms with Gasteiger partial charge in [0.2, 0.25) is 0 Å². The van der Waals surface area contributed by atoms with Crippen molar-refractivity contribution in [2.45, 2.75) is 21.0 Å². The Balaban J connectivity index is 1.77. The largest absolute Gasteiger partial charge is 0.351 e. The lowest BCUT2D eigenvalue weighted by Crippen LogP contribution is -2.07. The molecule has 0 saturated carbocycles. The number of ether oxygens (including phenoxy) is 2. The van der Waals surface area contributed by atoms with Gasteiger partial charge in [-0.25, -0.2) is 0 Å². The molecule has 6 nitrogen and oxygen atoms in total. The first-order valence-corrected chi connectivity index (χ1v) is 10.3. The minimum Gasteiger partial charge on any atom is -0.351 e. The molecule has 0 heterocycles. The highest BCUT2D eigenvalue weighted by Crippen LogP contribution is 2.36. The van der Waals surface area contributed by atoms with E-state index in [2.05, 4.69) is 4.72 Å². The summed E-state index contributed by atoms with van der Waals surface area (Å²) >= 11 is 3.05. The molecule has 0 aliphatic rings. The SMILES string of the molecule is COC(OC)c1cc(Sc2cccc(NSc3ccccc3)c2)ccc1[N+](=O)[O-]. The lowest BCUT2D eigenvalue weighted by molar-refractivity contribution is -0.387. The normalized spacial score (nSPS) is 10.9. The zero-order chi connectivity index (χ0) is 20.6. The first-order valence-electron chi connectivity index (χ1n) is 8.70. The van der Waals surface area contributed by atoms with Gasteiger partial charge in [0.15, 0.2) is 6.29 Å². The molecule has 29 heavy (non-hydrogen) atoms. The Morgan fingerprint density at radius 3 is 2.28 bits per heavy atom. The third-order valence-electron chi connectivity index (χ3n) is 3.98. The predicted molar refractivity (Wildman–Crippen MR) is 116 cm³/mol. The molecule has 1 N–H and O–H groups in total. The quantitative estimate of drug-likeness (QED) is 0.189. The molecule has 0 amide bonds. The highest BCUT2D eigenvalue weighted by Gasteiger charge is 2.22. The predicted octanol–water partition coefficient (Wildman–Crippen LogP) is 6.16. The first-order chi connectivity index (χ1) is 14.1. The fourth-order valence-corrected chi connectivity index (χ4v) is 4.25. The molecule has 0 spiro atoms. The second-order valence-corrected chi connectivity index (χ2v) is 7.95. The van der Waals surface area contributed by atoms with Gasteiger partial charge in [-0.3, -0.25) is 10.1 Å². The van der Waals surface area contributed by atoms with Gasteiger partial charge in [0.25, 0.3) is 5.69 Å². The summed E-state index contributed by atoms with van der Waals surface area (Å²) < 4.78 is 13.8. The Morgan fingerprint density at radius 1 is 0.897 bits per heavy atom. The minimum atomic E-state index is -0.800. The molecule has 150 valence electrons. The van der Waals surface area contributed by atoms with Gasteiger partial charge in [0, 0.05) is 40.7 Å². The highest BCUT2D eigenvalue weighted by molar-refractivity contribution is 8.00. The van der Waals surface area contributed by atoms with Crippen LogP contribution in [0.2, 0.25) is 0 Å². The summed E-state index contributed by atoms with van der Waals surface area (Å²) in [6.45, 7) is 0. The van der Waals surface area contributed by atoms with Crippen molar-refractivity contribution in [3.63, 3.8) is 0 Å². The number of rotatable bonds is 9. The molecule has 3 aromatic rings. The molecule has 0 aliphatic carbocycles. The smallest absolute Gasteiger partial charge is 0.277 e. The third-order valence-corrected chi connectivity index (χ3v) is 5.80. The summed E-state index contributed by atoms with van der Waals surface area (Å²) in [7, 11) is 2.91. The van der Waals surface area contributed by atoms with E-state index < -0.39 is 11.2 Å². The van der Waals surface area contributed by atoms with Crippen molar-refractivity contribution >= 4 is 35.1 Å². The van der Waals surface area contributed by atoms with Crippen molar-refractivity contribution in [1.82, 2.24) is 0 Å². The summed E-state index contributed by atoms with van der Waals surface area (Å²) in [6, 6.07) is 23.0. The molecule has 0 atom stereocenters. The molecular weight excluding hydrogens is 408 g/mol. The molecule has 3 aromatic carbocycles. The highest BCUT2D eigenvalue weighted by atomic mass is 32.2. The van der Waals surface area contributed by atoms with E-state index in [0.29, 0.717) is 5.56 Å². The molecule has 8 heteroatoms. The maximum Gasteiger partial charge on any atom is 0.277 e. The molecule has 0 aliphatic heterocycles. The summed E-state index contributed by atoms with van der Waals surface area (Å²) in [4.78, 5) is 13.9. The van der Waals surface area contributed by atoms with E-state index in [-0.39, 0.29) is 5.69 Å². The van der Waals surface area contributed by atoms with Crippen LogP contribution in [0.15, 0.2) is 87.5 Å². The number of nitrogens with one attached hydrogen (secondary N) is 1. The Kier molecular flexibility index (Phi) is 7.54. The van der Waals surface area contributed by atoms with E-state index in [0.717, 1.165) is 20.4 Å². The van der Waals surface area contributed by atoms with Gasteiger partial charge < -0.3 is 14.2 Å². The van der Waals surface area contributed by atoms with Crippen LogP contribution in [-0.2, 0) is 9.47 Å². The summed E-state index contributed by atoms with van der Waals surface area (Å²) in [5.41, 5.74) is 1.33. The standard InChI is InChI=1S/C21H20N2O4S2/c1-26-21(27-2)19-14-18(11-12-20(19)23(24)25)28-17-10-6-7-15(13-17)22-29-16-8-4-3-5-9-16/h3-14,21-22H,1-2H3. The number of nitrogens with zero attached hydrogens (tertiary/aromatic N) is 1. The van der Waals surface area contributed by atoms with Crippen molar-refractivity contribution in [3.8, 4) is 0 Å². The second kappa shape index (κ2) is 10.3. The van der Waals surface area contributed by atoms with E-state index >= 15 is 0 Å². The first kappa shape index (κ1) is 21.2. The van der Waals surface area contributed by atoms with Crippen LogP contribution >= 0.6 is 23.7 Å². The van der Waals surface area contributed by atoms with Gasteiger partial charge >= 0.3 is 0 Å². The molecule has 0 fully saturated rings. The van der Waals surface area contributed by atoms with Crippen molar-refractivity contribution in [1.29, 1.82) is 0 Å². The maximum absolute atomic E-state index is 11.3. The Hall–Kier alpha value is -2.52. The van der Waals surface area contributed by atoms with Crippen molar-refractivity contribution in [2.75, 3.05) is 18.9 Å². The molecule has 0 unspecified atom stereocenters. The fraction of sp³-hybridized carbons (Fsp3) is 0.143. The van der Waals surface area contributed by atoms with E-state index in [1.807, 2.05) is 54.6 Å². The van der Waals surface area contributed by atoms with Gasteiger partial charge in [-0.15, -0.1) is 0 Å². The molecular formula is C21H20N2O4S2. The van der Waals surface area contributed by atoms with Crippen LogP contribution in [0.25, 0.3) is 0 Å². The van der Waals surface area contributed by atoms with Gasteiger partial charge in [-0.1, -0.05) is 36.0 Å². The zero-order valence-electron chi connectivity index (χ0n) is 15.9. The van der Waals surface area contributed by atoms with Crippen molar-refractivity contribution in [3.05, 3.63) is 88.5 Å². The summed E-state index contributed by atoms with van der Waals surface area (Å²) in [6.07, 6.45) is -0.800. The number of anilines is 1. The molecule has 0 radical (unpaired) electrons. The number of hydrogen-bond acceptors (Lipinski definition) is 7. The Labute approximate surface area is 177 Å². The minimum absolute atomic E-state index is 0.0299. The van der Waals surface area contributed by atoms with Crippen LogP contribution < -0.4 is 4.72 Å². The van der Waals surface area contributed by atoms with Crippen LogP contribution in [0.1, 0.15) is 11.9 Å². The zero-order valence-corrected chi connectivity index (χ0v) is 17.5. The summed E-state index contributed by atoms with van der Waals surface area (Å²) in [5.74, 6) is 0. The molecule has 0 aromatic heterocycles. The lowest BCUT2D eigenvalue weighted by Gasteiger charge is -2.15. The average molecular weight is 429 g/mol. The van der Waals surface area contributed by atoms with Crippen LogP contribution in [0.5, 0.6) is 0 Å². The van der Waals surface area contributed by atoms with Gasteiger partial charge in [-0.05, 0) is 54.4 Å². The number of methoxy groups -OCH3 is 2. The van der Waals surface area contributed by atoms with E-state index in [1.165, 1.54) is 44.0 Å². The number of hydrogen-bond donors (Lipinski definition) is 1. The summed E-state index contributed by atoms with van der Waals surface area (Å²) in [5, 5.41) is 11.3. The van der Waals surface area contributed by atoms with E-state index in [9.17, 15) is 10.1 Å². The Bertz CT molecular complexity index is 966. The van der Waals surface area contributed by atoms with Crippen molar-refractivity contribution in [2.24, 2.45) is 0 Å². The number of benzene rings is 3. The third kappa shape index (κ3) is 5.74. The van der Waals surface area contributed by atoms with Crippen LogP contribution in [-0.4, -0.2) is 19.1 Å². The van der Waals surface area contributed by atoms with Crippen LogP contribution in [0.4, 0.5) is 11.4 Å². The van der Waals surface area contributed by atoms with Crippen molar-refractivity contribution < 1.29 is 14.4 Å². The monoisotopic (exact) mass is 428 g/mol. The van der Waals surface area contributed by atoms with Crippen LogP contribution in [0, 0.1) is 10.1 Å².